The van der Waals surface area contributed by atoms with E-state index in [9.17, 15) is 26.7 Å². The molecule has 0 aliphatic carbocycles. The Bertz CT molecular complexity index is 1230. The van der Waals surface area contributed by atoms with Gasteiger partial charge in [0, 0.05) is 42.9 Å². The number of anilines is 1. The summed E-state index contributed by atoms with van der Waals surface area (Å²) in [5, 5.41) is 13.0. The number of hydrogen-bond acceptors (Lipinski definition) is 7. The number of carboxylic acids is 1. The van der Waals surface area contributed by atoms with Crippen LogP contribution in [-0.2, 0) is 17.9 Å². The summed E-state index contributed by atoms with van der Waals surface area (Å²) in [5.74, 6) is -1.89. The van der Waals surface area contributed by atoms with Crippen molar-refractivity contribution in [2.24, 2.45) is 5.73 Å². The van der Waals surface area contributed by atoms with E-state index in [0.717, 1.165) is 26.5 Å². The van der Waals surface area contributed by atoms with Gasteiger partial charge in [0.2, 0.25) is 0 Å². The van der Waals surface area contributed by atoms with Crippen LogP contribution in [-0.4, -0.2) is 57.2 Å². The average Bonchev–Trinajstić information content (AvgIpc) is 3.39. The Morgan fingerprint density at radius 2 is 1.89 bits per heavy atom. The number of alkyl halides is 3. The molecule has 3 heterocycles. The van der Waals surface area contributed by atoms with Gasteiger partial charge < -0.3 is 15.7 Å². The number of aromatic nitrogens is 4. The number of nitrogens with zero attached hydrogens (tertiary/aromatic N) is 5. The van der Waals surface area contributed by atoms with E-state index in [1.54, 1.807) is 6.20 Å². The molecule has 0 amide bonds. The first-order valence-corrected chi connectivity index (χ1v) is 10.6. The summed E-state index contributed by atoms with van der Waals surface area (Å²) >= 11 is 1.51. The van der Waals surface area contributed by atoms with Gasteiger partial charge in [-0.3, -0.25) is 4.57 Å². The zero-order valence-corrected chi connectivity index (χ0v) is 19.3. The highest BCUT2D eigenvalue weighted by molar-refractivity contribution is 7.10. The van der Waals surface area contributed by atoms with Crippen molar-refractivity contribution in [2.45, 2.75) is 19.3 Å². The molecule has 9 nitrogen and oxygen atoms in total. The van der Waals surface area contributed by atoms with Crippen LogP contribution in [0.1, 0.15) is 4.88 Å². The summed E-state index contributed by atoms with van der Waals surface area (Å²) in [6.07, 6.45) is -3.81. The van der Waals surface area contributed by atoms with Crippen LogP contribution in [0.2, 0.25) is 0 Å². The summed E-state index contributed by atoms with van der Waals surface area (Å²) in [4.78, 5) is 28.5. The summed E-state index contributed by atoms with van der Waals surface area (Å²) in [5.41, 5.74) is 6.51. The van der Waals surface area contributed by atoms with Gasteiger partial charge in [-0.1, -0.05) is 0 Å². The van der Waals surface area contributed by atoms with Gasteiger partial charge in [-0.15, -0.1) is 11.3 Å². The van der Waals surface area contributed by atoms with E-state index in [0.29, 0.717) is 6.54 Å². The number of hydrogen-bond donors (Lipinski definition) is 2. The van der Waals surface area contributed by atoms with Gasteiger partial charge in [0.15, 0.2) is 0 Å². The molecular weight excluding hydrogens is 499 g/mol. The fourth-order valence-corrected chi connectivity index (χ4v) is 3.47. The fraction of sp³-hybridized carbons (Fsp3) is 0.300. The summed E-state index contributed by atoms with van der Waals surface area (Å²) in [6, 6.07) is 5.91. The topological polar surface area (TPSA) is 119 Å². The summed E-state index contributed by atoms with van der Waals surface area (Å²) < 4.78 is 59.6. The van der Waals surface area contributed by atoms with Crippen LogP contribution in [0, 0.1) is 0 Å². The van der Waals surface area contributed by atoms with Crippen LogP contribution in [0.25, 0.3) is 11.1 Å². The number of aliphatic carboxylic acids is 1. The molecule has 3 aromatic heterocycles. The number of nitrogens with two attached hydrogens (primary N) is 1. The van der Waals surface area contributed by atoms with E-state index in [2.05, 4.69) is 10.1 Å². The van der Waals surface area contributed by atoms with E-state index >= 15 is 0 Å². The average molecular weight is 520 g/mol. The summed E-state index contributed by atoms with van der Waals surface area (Å²) in [6.45, 7) is -0.326. The van der Waals surface area contributed by atoms with Crippen molar-refractivity contribution in [2.75, 3.05) is 25.5 Å². The lowest BCUT2D eigenvalue weighted by Gasteiger charge is -2.10. The van der Waals surface area contributed by atoms with Crippen LogP contribution in [0.3, 0.4) is 0 Å². The Morgan fingerprint density at radius 1 is 1.23 bits per heavy atom. The lowest BCUT2D eigenvalue weighted by atomic mass is 10.1. The fourth-order valence-electron chi connectivity index (χ4n) is 2.58. The standard InChI is InChI=1S/C18H20F2N6OS.C2HF3O2/c1-24(2)16-4-3-12(7-22-16)13-5-15(28-10-13)9-25-11-23-26(18(25)27)8-14(6-21)17(19)20;3-2(4,5)1(6)7/h3-5,7,10-11H,6,8-9,21H2,1-2H3;(H,6,7). The number of carboxylic acid groups (broad SMARTS) is 1. The third-order valence-electron chi connectivity index (χ3n) is 4.41. The van der Waals surface area contributed by atoms with Crippen molar-refractivity contribution in [3.63, 3.8) is 0 Å². The molecule has 0 unspecified atom stereocenters. The molecule has 0 fully saturated rings. The molecule has 0 radical (unpaired) electrons. The molecule has 0 aliphatic heterocycles. The second-order valence-corrected chi connectivity index (χ2v) is 8.17. The van der Waals surface area contributed by atoms with Gasteiger partial charge in [-0.25, -0.2) is 19.3 Å². The highest BCUT2D eigenvalue weighted by Crippen LogP contribution is 2.26. The number of halogens is 5. The van der Waals surface area contributed by atoms with Crippen molar-refractivity contribution in [3.05, 3.63) is 63.1 Å². The van der Waals surface area contributed by atoms with Crippen molar-refractivity contribution in [1.82, 2.24) is 19.3 Å². The molecule has 0 saturated heterocycles. The first kappa shape index (κ1) is 27.7. The molecule has 3 N–H and O–H groups in total. The van der Waals surface area contributed by atoms with Crippen molar-refractivity contribution >= 4 is 23.1 Å². The highest BCUT2D eigenvalue weighted by Gasteiger charge is 2.38. The normalized spacial score (nSPS) is 11.0. The van der Waals surface area contributed by atoms with Crippen LogP contribution in [0.5, 0.6) is 0 Å². The Labute approximate surface area is 199 Å². The van der Waals surface area contributed by atoms with Crippen LogP contribution in [0.15, 0.2) is 52.6 Å². The monoisotopic (exact) mass is 520 g/mol. The Balaban J connectivity index is 0.000000540. The number of thiophene rings is 1. The molecule has 3 rings (SSSR count). The molecule has 15 heteroatoms. The maximum Gasteiger partial charge on any atom is 0.490 e. The molecule has 3 aromatic rings. The van der Waals surface area contributed by atoms with Crippen LogP contribution in [0.4, 0.5) is 27.8 Å². The molecule has 0 saturated carbocycles. The number of pyridine rings is 1. The van der Waals surface area contributed by atoms with Crippen molar-refractivity contribution < 1.29 is 31.9 Å². The smallest absolute Gasteiger partial charge is 0.475 e. The number of carbonyl (C=O) groups is 1. The molecule has 190 valence electrons. The van der Waals surface area contributed by atoms with E-state index in [1.165, 1.54) is 22.2 Å². The van der Waals surface area contributed by atoms with Gasteiger partial charge in [-0.05, 0) is 29.1 Å². The largest absolute Gasteiger partial charge is 0.490 e. The van der Waals surface area contributed by atoms with Crippen LogP contribution >= 0.6 is 11.3 Å². The quantitative estimate of drug-likeness (QED) is 0.460. The predicted molar refractivity (Wildman–Crippen MR) is 119 cm³/mol. The molecule has 0 spiro atoms. The SMILES string of the molecule is CN(C)c1ccc(-c2csc(Cn3cnn(CC(CN)=C(F)F)c3=O)c2)cn1.O=C(O)C(F)(F)F. The molecule has 0 bridgehead atoms. The van der Waals surface area contributed by atoms with Gasteiger partial charge >= 0.3 is 17.8 Å². The molecule has 0 aromatic carbocycles. The lowest BCUT2D eigenvalue weighted by Crippen LogP contribution is -2.27. The third-order valence-corrected chi connectivity index (χ3v) is 5.33. The first-order valence-electron chi connectivity index (χ1n) is 9.70. The van der Waals surface area contributed by atoms with Crippen molar-refractivity contribution in [3.8, 4) is 11.1 Å². The molecular formula is C20H21F5N6O3S. The Kier molecular flexibility index (Phi) is 9.25. The maximum absolute atomic E-state index is 12.7. The molecule has 0 atom stereocenters. The second kappa shape index (κ2) is 11.7. The van der Waals surface area contributed by atoms with E-state index in [4.69, 9.17) is 15.6 Å². The van der Waals surface area contributed by atoms with E-state index in [1.807, 2.05) is 42.6 Å². The number of rotatable bonds is 7. The minimum absolute atomic E-state index is 0.306. The van der Waals surface area contributed by atoms with Gasteiger partial charge in [0.25, 0.3) is 6.08 Å². The summed E-state index contributed by atoms with van der Waals surface area (Å²) in [7, 11) is 3.85. The van der Waals surface area contributed by atoms with Gasteiger partial charge in [-0.2, -0.15) is 27.1 Å². The maximum atomic E-state index is 12.7. The minimum Gasteiger partial charge on any atom is -0.475 e. The van der Waals surface area contributed by atoms with Gasteiger partial charge in [0.05, 0.1) is 13.1 Å². The Hall–Kier alpha value is -3.59. The van der Waals surface area contributed by atoms with E-state index in [-0.39, 0.29) is 18.7 Å². The molecule has 35 heavy (non-hydrogen) atoms. The predicted octanol–water partition coefficient (Wildman–Crippen LogP) is 3.03. The van der Waals surface area contributed by atoms with Gasteiger partial charge in [0.1, 0.15) is 12.1 Å². The van der Waals surface area contributed by atoms with Crippen LogP contribution < -0.4 is 16.3 Å². The zero-order chi connectivity index (χ0) is 26.3. The second-order valence-electron chi connectivity index (χ2n) is 7.17. The molecule has 0 aliphatic rings. The first-order chi connectivity index (χ1) is 16.3. The third kappa shape index (κ3) is 7.71. The highest BCUT2D eigenvalue weighted by atomic mass is 32.1. The lowest BCUT2D eigenvalue weighted by molar-refractivity contribution is -0.192. The zero-order valence-electron chi connectivity index (χ0n) is 18.5. The van der Waals surface area contributed by atoms with E-state index < -0.39 is 23.9 Å². The minimum atomic E-state index is -5.08. The Morgan fingerprint density at radius 3 is 2.37 bits per heavy atom. The van der Waals surface area contributed by atoms with Crippen molar-refractivity contribution in [1.29, 1.82) is 0 Å².